The smallest absolute Gasteiger partial charge is 0.0625 e. The van der Waals surface area contributed by atoms with Crippen molar-refractivity contribution >= 4 is 12.0 Å². The number of hydrogen-bond acceptors (Lipinski definition) is 2. The minimum Gasteiger partial charge on any atom is -0.315 e. The van der Waals surface area contributed by atoms with E-state index < -0.39 is 0 Å². The molecule has 1 saturated heterocycles. The van der Waals surface area contributed by atoms with Crippen molar-refractivity contribution < 1.29 is 4.18 Å². The van der Waals surface area contributed by atoms with Crippen LogP contribution >= 0.6 is 12.0 Å². The van der Waals surface area contributed by atoms with E-state index in [-0.39, 0.29) is 0 Å². The first kappa shape index (κ1) is 4.47. The molecule has 1 unspecified atom stereocenters. The van der Waals surface area contributed by atoms with Crippen LogP contribution in [0, 0.1) is 0 Å². The molecule has 1 aliphatic rings. The van der Waals surface area contributed by atoms with Gasteiger partial charge in [-0.1, -0.05) is 6.92 Å². The van der Waals surface area contributed by atoms with E-state index in [0.717, 1.165) is 11.9 Å². The van der Waals surface area contributed by atoms with Gasteiger partial charge in [-0.2, -0.15) is 0 Å². The zero-order valence-electron chi connectivity index (χ0n) is 3.81. The van der Waals surface area contributed by atoms with Crippen molar-refractivity contribution in [3.05, 3.63) is 0 Å². The molecule has 0 radical (unpaired) electrons. The van der Waals surface area contributed by atoms with E-state index in [0.29, 0.717) is 0 Å². The average Bonchev–Trinajstić information content (AvgIpc) is 1.86. The Morgan fingerprint density at radius 2 is 2.67 bits per heavy atom. The minimum atomic E-state index is 0.741. The maximum atomic E-state index is 4.97. The van der Waals surface area contributed by atoms with Crippen molar-refractivity contribution in [3.63, 3.8) is 0 Å². The van der Waals surface area contributed by atoms with Gasteiger partial charge in [0.2, 0.25) is 0 Å². The van der Waals surface area contributed by atoms with E-state index >= 15 is 0 Å². The van der Waals surface area contributed by atoms with Crippen LogP contribution in [0.3, 0.4) is 0 Å². The maximum Gasteiger partial charge on any atom is 0.0625 e. The zero-order chi connectivity index (χ0) is 4.41. The van der Waals surface area contributed by atoms with E-state index in [2.05, 4.69) is 6.92 Å². The predicted octanol–water partition coefficient (Wildman–Crippen LogP) is 1.44. The topological polar surface area (TPSA) is 9.23 Å². The first-order valence-electron chi connectivity index (χ1n) is 2.18. The Morgan fingerprint density at radius 3 is 2.83 bits per heavy atom. The summed E-state index contributed by atoms with van der Waals surface area (Å²) in [6.45, 7) is 3.13. The molecule has 1 aliphatic heterocycles. The molecule has 0 aromatic rings. The standard InChI is InChI=1S/C4H8OS/c1-4-2-3-5-6-4/h4H,2-3H2,1H3. The Hall–Kier alpha value is 0.310. The Balaban J connectivity index is 2.18. The van der Waals surface area contributed by atoms with Gasteiger partial charge in [0.05, 0.1) is 6.61 Å². The highest BCUT2D eigenvalue weighted by Gasteiger charge is 2.09. The largest absolute Gasteiger partial charge is 0.315 e. The highest BCUT2D eigenvalue weighted by atomic mass is 32.2. The number of hydrogen-bond donors (Lipinski definition) is 0. The molecule has 2 heteroatoms. The molecule has 0 bridgehead atoms. The SMILES string of the molecule is CC1CCOS1. The average molecular weight is 104 g/mol. The highest BCUT2D eigenvalue weighted by Crippen LogP contribution is 2.22. The second-order valence-corrected chi connectivity index (χ2v) is 2.75. The molecule has 0 N–H and O–H groups in total. The van der Waals surface area contributed by atoms with Gasteiger partial charge in [-0.05, 0) is 18.5 Å². The van der Waals surface area contributed by atoms with Crippen LogP contribution in [0.5, 0.6) is 0 Å². The third-order valence-electron chi connectivity index (χ3n) is 0.840. The molecule has 1 heterocycles. The summed E-state index contributed by atoms with van der Waals surface area (Å²) in [5.74, 6) is 0. The molecular formula is C4H8OS. The molecule has 1 fully saturated rings. The van der Waals surface area contributed by atoms with Gasteiger partial charge in [-0.15, -0.1) is 0 Å². The van der Waals surface area contributed by atoms with Gasteiger partial charge in [-0.3, -0.25) is 0 Å². The van der Waals surface area contributed by atoms with Gasteiger partial charge in [0.15, 0.2) is 0 Å². The maximum absolute atomic E-state index is 4.97. The fourth-order valence-corrected chi connectivity index (χ4v) is 1.04. The van der Waals surface area contributed by atoms with Crippen molar-refractivity contribution in [2.75, 3.05) is 6.61 Å². The van der Waals surface area contributed by atoms with Crippen molar-refractivity contribution in [1.29, 1.82) is 0 Å². The quantitative estimate of drug-likeness (QED) is 0.430. The molecular weight excluding hydrogens is 96.1 g/mol. The lowest BCUT2D eigenvalue weighted by molar-refractivity contribution is 0.402. The van der Waals surface area contributed by atoms with Crippen LogP contribution in [-0.4, -0.2) is 11.9 Å². The molecule has 0 aromatic heterocycles. The molecule has 0 saturated carbocycles. The van der Waals surface area contributed by atoms with Crippen LogP contribution < -0.4 is 0 Å². The Kier molecular flexibility index (Phi) is 1.37. The predicted molar refractivity (Wildman–Crippen MR) is 27.6 cm³/mol. The normalized spacial score (nSPS) is 34.5. The summed E-state index contributed by atoms with van der Waals surface area (Å²) in [5, 5.41) is 0.741. The lowest BCUT2D eigenvalue weighted by atomic mass is 10.4. The van der Waals surface area contributed by atoms with Crippen LogP contribution in [0.15, 0.2) is 0 Å². The van der Waals surface area contributed by atoms with E-state index in [1.54, 1.807) is 12.0 Å². The second kappa shape index (κ2) is 1.85. The lowest BCUT2D eigenvalue weighted by Crippen LogP contribution is -1.84. The number of rotatable bonds is 0. The fourth-order valence-electron chi connectivity index (χ4n) is 0.426. The van der Waals surface area contributed by atoms with Crippen LogP contribution in [0.1, 0.15) is 13.3 Å². The summed E-state index contributed by atoms with van der Waals surface area (Å²) in [6, 6.07) is 0. The Labute approximate surface area is 42.3 Å². The van der Waals surface area contributed by atoms with E-state index in [9.17, 15) is 0 Å². The molecule has 0 spiro atoms. The molecule has 1 nitrogen and oxygen atoms in total. The Bertz CT molecular complexity index is 40.8. The first-order valence-corrected chi connectivity index (χ1v) is 2.98. The van der Waals surface area contributed by atoms with Gasteiger partial charge in [0.1, 0.15) is 0 Å². The summed E-state index contributed by atoms with van der Waals surface area (Å²) >= 11 is 1.60. The molecule has 6 heavy (non-hydrogen) atoms. The van der Waals surface area contributed by atoms with Crippen LogP contribution in [0.25, 0.3) is 0 Å². The van der Waals surface area contributed by atoms with Crippen molar-refractivity contribution in [3.8, 4) is 0 Å². The molecule has 36 valence electrons. The fraction of sp³-hybridized carbons (Fsp3) is 1.00. The minimum absolute atomic E-state index is 0.741. The van der Waals surface area contributed by atoms with Gasteiger partial charge in [0, 0.05) is 5.25 Å². The van der Waals surface area contributed by atoms with Gasteiger partial charge in [0.25, 0.3) is 0 Å². The first-order chi connectivity index (χ1) is 2.89. The van der Waals surface area contributed by atoms with Gasteiger partial charge in [-0.25, -0.2) is 0 Å². The second-order valence-electron chi connectivity index (χ2n) is 1.52. The summed E-state index contributed by atoms with van der Waals surface area (Å²) in [5.41, 5.74) is 0. The monoisotopic (exact) mass is 104 g/mol. The van der Waals surface area contributed by atoms with Crippen molar-refractivity contribution in [2.24, 2.45) is 0 Å². The van der Waals surface area contributed by atoms with Gasteiger partial charge < -0.3 is 4.18 Å². The summed E-state index contributed by atoms with van der Waals surface area (Å²) in [7, 11) is 0. The van der Waals surface area contributed by atoms with Crippen LogP contribution in [-0.2, 0) is 4.18 Å². The molecule has 0 amide bonds. The highest BCUT2D eigenvalue weighted by molar-refractivity contribution is 7.95. The van der Waals surface area contributed by atoms with Crippen molar-refractivity contribution in [2.45, 2.75) is 18.6 Å². The Morgan fingerprint density at radius 1 is 1.83 bits per heavy atom. The molecule has 0 aromatic carbocycles. The third-order valence-corrected chi connectivity index (χ3v) is 1.71. The van der Waals surface area contributed by atoms with E-state index in [1.165, 1.54) is 6.42 Å². The van der Waals surface area contributed by atoms with Crippen molar-refractivity contribution in [1.82, 2.24) is 0 Å². The zero-order valence-corrected chi connectivity index (χ0v) is 4.62. The molecule has 1 rings (SSSR count). The van der Waals surface area contributed by atoms with E-state index in [1.807, 2.05) is 0 Å². The lowest BCUT2D eigenvalue weighted by Gasteiger charge is -1.87. The van der Waals surface area contributed by atoms with Gasteiger partial charge >= 0.3 is 0 Å². The van der Waals surface area contributed by atoms with Crippen LogP contribution in [0.4, 0.5) is 0 Å². The summed E-state index contributed by atoms with van der Waals surface area (Å²) in [6.07, 6.45) is 1.23. The summed E-state index contributed by atoms with van der Waals surface area (Å²) in [4.78, 5) is 0. The summed E-state index contributed by atoms with van der Waals surface area (Å²) < 4.78 is 4.97. The van der Waals surface area contributed by atoms with Crippen LogP contribution in [0.2, 0.25) is 0 Å². The van der Waals surface area contributed by atoms with E-state index in [4.69, 9.17) is 4.18 Å². The third kappa shape index (κ3) is 0.884. The molecule has 1 atom stereocenters. The molecule has 0 aliphatic carbocycles.